The normalized spacial score (nSPS) is 29.6. The number of rotatable bonds is 6. The Morgan fingerprint density at radius 2 is 2.04 bits per heavy atom. The summed E-state index contributed by atoms with van der Waals surface area (Å²) in [5.74, 6) is 0.587. The van der Waals surface area contributed by atoms with E-state index in [0.29, 0.717) is 11.3 Å². The number of hydrogen-bond donors (Lipinski definition) is 0. The van der Waals surface area contributed by atoms with Gasteiger partial charge in [0.15, 0.2) is 0 Å². The highest BCUT2D eigenvalue weighted by Gasteiger charge is 2.46. The smallest absolute Gasteiger partial charge is 0.127 e. The summed E-state index contributed by atoms with van der Waals surface area (Å²) in [5, 5.41) is 4.30. The molecule has 24 heavy (non-hydrogen) atoms. The van der Waals surface area contributed by atoms with E-state index in [4.69, 9.17) is 9.26 Å². The first-order chi connectivity index (χ1) is 11.4. The molecule has 4 nitrogen and oxygen atoms in total. The Morgan fingerprint density at radius 1 is 1.29 bits per heavy atom. The van der Waals surface area contributed by atoms with Crippen molar-refractivity contribution in [2.24, 2.45) is 5.41 Å². The molecule has 1 aromatic rings. The molecular weight excluding hydrogens is 300 g/mol. The Hall–Kier alpha value is -0.870. The van der Waals surface area contributed by atoms with Crippen LogP contribution in [0.15, 0.2) is 10.8 Å². The van der Waals surface area contributed by atoms with Crippen LogP contribution in [0, 0.1) is 5.41 Å². The third-order valence-electron chi connectivity index (χ3n) is 5.90. The van der Waals surface area contributed by atoms with Crippen LogP contribution in [0.4, 0.5) is 0 Å². The molecule has 4 heteroatoms. The zero-order valence-corrected chi connectivity index (χ0v) is 15.9. The van der Waals surface area contributed by atoms with E-state index in [1.54, 1.807) is 0 Å². The molecule has 3 rings (SSSR count). The van der Waals surface area contributed by atoms with Crippen LogP contribution in [0.3, 0.4) is 0 Å². The number of ether oxygens (including phenoxy) is 1. The van der Waals surface area contributed by atoms with Gasteiger partial charge in [0.25, 0.3) is 0 Å². The van der Waals surface area contributed by atoms with E-state index in [9.17, 15) is 0 Å². The van der Waals surface area contributed by atoms with Crippen molar-refractivity contribution >= 4 is 0 Å². The molecular formula is C20H34N2O2. The van der Waals surface area contributed by atoms with E-state index in [0.717, 1.165) is 25.4 Å². The Kier molecular flexibility index (Phi) is 5.36. The average molecular weight is 335 g/mol. The lowest BCUT2D eigenvalue weighted by atomic mass is 9.72. The number of hydrogen-bond acceptors (Lipinski definition) is 4. The standard InChI is InChI=1S/C20H34N2O2/c1-5-6-11-22(4)12-18-17(13-24-21-18)16-7-9-20(10-8-16)14-19(2,3)15-23-20/h13,16H,5-12,14-15H2,1-4H3. The summed E-state index contributed by atoms with van der Waals surface area (Å²) in [6, 6.07) is 0. The van der Waals surface area contributed by atoms with Crippen LogP contribution < -0.4 is 0 Å². The van der Waals surface area contributed by atoms with Gasteiger partial charge in [0.1, 0.15) is 12.0 Å². The summed E-state index contributed by atoms with van der Waals surface area (Å²) in [5.41, 5.74) is 2.97. The molecule has 1 aliphatic carbocycles. The van der Waals surface area contributed by atoms with Gasteiger partial charge in [0, 0.05) is 12.1 Å². The maximum atomic E-state index is 6.25. The molecule has 136 valence electrons. The largest absolute Gasteiger partial charge is 0.374 e. The maximum Gasteiger partial charge on any atom is 0.127 e. The summed E-state index contributed by atoms with van der Waals surface area (Å²) in [4.78, 5) is 2.36. The van der Waals surface area contributed by atoms with E-state index >= 15 is 0 Å². The lowest BCUT2D eigenvalue weighted by Gasteiger charge is -2.37. The van der Waals surface area contributed by atoms with Crippen molar-refractivity contribution in [1.82, 2.24) is 10.1 Å². The van der Waals surface area contributed by atoms with Crippen LogP contribution in [-0.4, -0.2) is 35.9 Å². The number of aromatic nitrogens is 1. The van der Waals surface area contributed by atoms with Gasteiger partial charge >= 0.3 is 0 Å². The van der Waals surface area contributed by atoms with Crippen molar-refractivity contribution in [2.45, 2.75) is 83.8 Å². The van der Waals surface area contributed by atoms with Crippen molar-refractivity contribution in [3.8, 4) is 0 Å². The Morgan fingerprint density at radius 3 is 2.67 bits per heavy atom. The van der Waals surface area contributed by atoms with Crippen LogP contribution in [0.25, 0.3) is 0 Å². The van der Waals surface area contributed by atoms with Crippen molar-refractivity contribution < 1.29 is 9.26 Å². The highest BCUT2D eigenvalue weighted by atomic mass is 16.5. The third kappa shape index (κ3) is 4.02. The Balaban J connectivity index is 1.58. The summed E-state index contributed by atoms with van der Waals surface area (Å²) in [7, 11) is 2.18. The molecule has 0 N–H and O–H groups in total. The molecule has 1 aromatic heterocycles. The molecule has 2 heterocycles. The SMILES string of the molecule is CCCCN(C)Cc1nocc1C1CCC2(CC1)CC(C)(C)CO2. The second kappa shape index (κ2) is 7.17. The molecule has 0 atom stereocenters. The van der Waals surface area contributed by atoms with Crippen molar-refractivity contribution in [3.05, 3.63) is 17.5 Å². The topological polar surface area (TPSA) is 38.5 Å². The fourth-order valence-corrected chi connectivity index (χ4v) is 4.58. The average Bonchev–Trinajstić information content (AvgIpc) is 3.11. The molecule has 0 bridgehead atoms. The van der Waals surface area contributed by atoms with Gasteiger partial charge in [0.2, 0.25) is 0 Å². The molecule has 1 saturated carbocycles. The highest BCUT2D eigenvalue weighted by molar-refractivity contribution is 5.21. The number of nitrogens with zero attached hydrogens (tertiary/aromatic N) is 2. The van der Waals surface area contributed by atoms with Gasteiger partial charge < -0.3 is 14.2 Å². The second-order valence-corrected chi connectivity index (χ2v) is 8.89. The van der Waals surface area contributed by atoms with E-state index in [2.05, 4.69) is 37.9 Å². The highest BCUT2D eigenvalue weighted by Crippen LogP contribution is 2.50. The van der Waals surface area contributed by atoms with Gasteiger partial charge in [-0.05, 0) is 63.5 Å². The van der Waals surface area contributed by atoms with Crippen LogP contribution in [-0.2, 0) is 11.3 Å². The van der Waals surface area contributed by atoms with Gasteiger partial charge in [-0.25, -0.2) is 0 Å². The summed E-state index contributed by atoms with van der Waals surface area (Å²) in [6.45, 7) is 9.84. The first kappa shape index (κ1) is 17.9. The molecule has 1 aliphatic heterocycles. The zero-order valence-electron chi connectivity index (χ0n) is 15.9. The summed E-state index contributed by atoms with van der Waals surface area (Å²) in [6.07, 6.45) is 10.3. The minimum absolute atomic E-state index is 0.148. The third-order valence-corrected chi connectivity index (χ3v) is 5.90. The van der Waals surface area contributed by atoms with Crippen molar-refractivity contribution in [3.63, 3.8) is 0 Å². The fourth-order valence-electron chi connectivity index (χ4n) is 4.58. The van der Waals surface area contributed by atoms with Crippen molar-refractivity contribution in [1.29, 1.82) is 0 Å². The van der Waals surface area contributed by atoms with Gasteiger partial charge in [-0.2, -0.15) is 0 Å². The minimum Gasteiger partial charge on any atom is -0.374 e. The number of unbranched alkanes of at least 4 members (excludes halogenated alkanes) is 1. The molecule has 2 aliphatic rings. The van der Waals surface area contributed by atoms with E-state index in [1.807, 2.05) is 6.26 Å². The van der Waals surface area contributed by atoms with Crippen LogP contribution in [0.1, 0.15) is 82.9 Å². The summed E-state index contributed by atoms with van der Waals surface area (Å²) >= 11 is 0. The quantitative estimate of drug-likeness (QED) is 0.752. The molecule has 1 saturated heterocycles. The molecule has 2 fully saturated rings. The van der Waals surface area contributed by atoms with E-state index in [-0.39, 0.29) is 5.60 Å². The summed E-state index contributed by atoms with van der Waals surface area (Å²) < 4.78 is 11.6. The monoisotopic (exact) mass is 334 g/mol. The predicted molar refractivity (Wildman–Crippen MR) is 96.0 cm³/mol. The first-order valence-corrected chi connectivity index (χ1v) is 9.69. The Bertz CT molecular complexity index is 529. The van der Waals surface area contributed by atoms with Crippen molar-refractivity contribution in [2.75, 3.05) is 20.2 Å². The van der Waals surface area contributed by atoms with Crippen LogP contribution >= 0.6 is 0 Å². The van der Waals surface area contributed by atoms with Gasteiger partial charge in [-0.15, -0.1) is 0 Å². The zero-order chi connectivity index (χ0) is 17.2. The molecule has 0 unspecified atom stereocenters. The van der Waals surface area contributed by atoms with Gasteiger partial charge in [0.05, 0.1) is 12.2 Å². The molecule has 0 radical (unpaired) electrons. The van der Waals surface area contributed by atoms with Gasteiger partial charge in [-0.3, -0.25) is 0 Å². The van der Waals surface area contributed by atoms with Crippen LogP contribution in [0.5, 0.6) is 0 Å². The van der Waals surface area contributed by atoms with E-state index < -0.39 is 0 Å². The molecule has 1 spiro atoms. The Labute approximate surface area is 146 Å². The van der Waals surface area contributed by atoms with Gasteiger partial charge in [-0.1, -0.05) is 32.3 Å². The first-order valence-electron chi connectivity index (χ1n) is 9.69. The van der Waals surface area contributed by atoms with Crippen LogP contribution in [0.2, 0.25) is 0 Å². The molecule has 0 amide bonds. The second-order valence-electron chi connectivity index (χ2n) is 8.89. The minimum atomic E-state index is 0.148. The predicted octanol–water partition coefficient (Wildman–Crippen LogP) is 4.75. The lowest BCUT2D eigenvalue weighted by Crippen LogP contribution is -2.33. The van der Waals surface area contributed by atoms with E-state index in [1.165, 1.54) is 50.5 Å². The maximum absolute atomic E-state index is 6.25. The fraction of sp³-hybridized carbons (Fsp3) is 0.850. The lowest BCUT2D eigenvalue weighted by molar-refractivity contribution is -0.0294. The molecule has 0 aromatic carbocycles.